The van der Waals surface area contributed by atoms with Crippen molar-refractivity contribution in [2.24, 2.45) is 29.6 Å². The van der Waals surface area contributed by atoms with Crippen LogP contribution in [-0.2, 0) is 91.1 Å². The number of ketones is 3. The number of carboxylic acids is 5. The zero-order chi connectivity index (χ0) is 88.3. The predicted octanol–water partition coefficient (Wildman–Crippen LogP) is 7.03. The number of amides is 9. The number of alkyl carbamates (subject to hydrolysis) is 1. The fraction of sp³-hybridized carbons (Fsp3) is 0.613. The van der Waals surface area contributed by atoms with E-state index in [1.165, 1.54) is 36.6 Å². The van der Waals surface area contributed by atoms with Crippen molar-refractivity contribution >= 4 is 128 Å². The van der Waals surface area contributed by atoms with E-state index in [4.69, 9.17) is 19.3 Å². The van der Waals surface area contributed by atoms with Gasteiger partial charge in [-0.15, -0.1) is 11.3 Å². The summed E-state index contributed by atoms with van der Waals surface area (Å²) in [6.45, 7) is 13.4. The summed E-state index contributed by atoms with van der Waals surface area (Å²) in [4.78, 5) is 214. The summed E-state index contributed by atoms with van der Waals surface area (Å²) in [6.07, 6.45) is 0.756. The number of likely N-dealkylation sites (tertiary alicyclic amines) is 1. The van der Waals surface area contributed by atoms with Crippen LogP contribution in [-0.4, -0.2) is 241 Å². The number of aromatic hydroxyl groups is 1. The van der Waals surface area contributed by atoms with E-state index < -0.39 is 163 Å². The summed E-state index contributed by atoms with van der Waals surface area (Å²) < 4.78 is 17.4. The maximum atomic E-state index is 15.1. The molecule has 0 bridgehead atoms. The van der Waals surface area contributed by atoms with Crippen LogP contribution in [0.15, 0.2) is 53.9 Å². The van der Waals surface area contributed by atoms with E-state index in [0.29, 0.717) is 42.6 Å². The van der Waals surface area contributed by atoms with Crippen molar-refractivity contribution in [3.8, 4) is 5.75 Å². The van der Waals surface area contributed by atoms with Gasteiger partial charge in [0.1, 0.15) is 41.9 Å². The fourth-order valence-corrected chi connectivity index (χ4v) is 15.8. The molecule has 0 aliphatic carbocycles. The van der Waals surface area contributed by atoms with Crippen LogP contribution in [0, 0.1) is 29.6 Å². The van der Waals surface area contributed by atoms with Crippen molar-refractivity contribution in [1.29, 1.82) is 0 Å². The highest BCUT2D eigenvalue weighted by Crippen LogP contribution is 2.34. The van der Waals surface area contributed by atoms with Gasteiger partial charge in [0.15, 0.2) is 23.5 Å². The van der Waals surface area contributed by atoms with Crippen LogP contribution >= 0.6 is 32.9 Å². The minimum absolute atomic E-state index is 0.00121. The standard InChI is InChI=1S/C80H117N11O25S3/c1-9-11-31-114-46-91(75(106)57(48(5)10-2)39-65(95)62-18-13-15-30-90(62)8)63(47(3)4)41-67(116-50(7)92)74-88-60(44-117-74)73(105)85-55(35-51-24-26-56(93)27-25-51)34-49(6)66(96)43-84-80(113)115-32-33-118-119-45-61(77(109)110)87-72(104)54(38-70(100)101)37-64(94)59(40-71(102)103)86-68(97)36-52-20-22-53(23-21-52)42-83-78(111)81-28-14-12-17-58(76(107)108)89-79(112)82-29-16-19-69(98)99/h20-27,44,47-49,54-55,57-59,61-63,67,93H,9-19,28-43,45-46H2,1-8H3,(H,84,113)(H,85,105)(H,86,97)(H,87,104)(H,98,99)(H,100,101)(H,102,103)(H,107,108)(H,109,110)(H2,81,83,111)(H2,82,89,112)/t48?,49-,54-,55+,57-,58-,59-,61-,62+,63-,67-/m0/s1. The number of hydrogen-bond donors (Lipinski definition) is 14. The van der Waals surface area contributed by atoms with Gasteiger partial charge in [0, 0.05) is 99.7 Å². The number of carboxylic acid groups (broad SMARTS) is 5. The second kappa shape index (κ2) is 54.2. The molecule has 39 heteroatoms. The van der Waals surface area contributed by atoms with E-state index in [2.05, 4.69) is 52.4 Å². The lowest BCUT2D eigenvalue weighted by Crippen LogP contribution is -2.50. The lowest BCUT2D eigenvalue weighted by Gasteiger charge is -2.39. The molecule has 1 aliphatic heterocycles. The first-order chi connectivity index (χ1) is 56.5. The second-order valence-corrected chi connectivity index (χ2v) is 33.3. The second-order valence-electron chi connectivity index (χ2n) is 29.8. The number of thiazole rings is 1. The maximum Gasteiger partial charge on any atom is 0.407 e. The molecule has 0 saturated carbocycles. The molecule has 3 aromatic rings. The summed E-state index contributed by atoms with van der Waals surface area (Å²) in [6, 6.07) is 4.95. The van der Waals surface area contributed by atoms with Gasteiger partial charge in [-0.3, -0.25) is 57.6 Å². The number of esters is 1. The average Bonchev–Trinajstić information content (AvgIpc) is 1.75. The first-order valence-corrected chi connectivity index (χ1v) is 43.2. The third kappa shape index (κ3) is 39.2. The molecule has 11 atom stereocenters. The first kappa shape index (κ1) is 101. The Morgan fingerprint density at radius 2 is 1.34 bits per heavy atom. The number of hydrogen-bond acceptors (Lipinski definition) is 25. The van der Waals surface area contributed by atoms with Gasteiger partial charge in [0.2, 0.25) is 17.7 Å². The first-order valence-electron chi connectivity index (χ1n) is 39.9. The lowest BCUT2D eigenvalue weighted by atomic mass is 9.82. The van der Waals surface area contributed by atoms with Gasteiger partial charge in [0.05, 0.1) is 43.8 Å². The summed E-state index contributed by atoms with van der Waals surface area (Å²) in [5.41, 5.74) is 1.66. The highest BCUT2D eigenvalue weighted by atomic mass is 33.1. The molecule has 119 heavy (non-hydrogen) atoms. The lowest BCUT2D eigenvalue weighted by molar-refractivity contribution is -0.155. The Labute approximate surface area is 703 Å². The SMILES string of the molecule is CCCCOCN(C(=O)[C@@H](CC(=O)[C@H]1CCCCN1C)C(C)CC)[C@@H](C[C@H](OC(C)=O)c1nc(C(=O)N[C@@H](Cc2ccc(O)cc2)C[C@H](C)C(=O)CNC(=O)OCCSSC[C@H](NC(=O)[C@H](CC(=O)O)CC(=O)[C@H](CC(=O)O)NC(=O)Cc2ccc(CNC(=O)NCCCC[C@H](NC(=O)NCCCC(=O)O)C(=O)O)cc2)C(=O)O)cs1)C(C)C. The zero-order valence-electron chi connectivity index (χ0n) is 68.6. The minimum Gasteiger partial charge on any atom is -0.508 e. The number of nitrogens with one attached hydrogen (secondary N) is 8. The minimum atomic E-state index is -1.75. The fourth-order valence-electron chi connectivity index (χ4n) is 12.9. The molecule has 14 N–H and O–H groups in total. The number of ether oxygens (including phenoxy) is 3. The quantitative estimate of drug-likeness (QED) is 0.0117. The van der Waals surface area contributed by atoms with Crippen molar-refractivity contribution < 1.29 is 122 Å². The normalized spacial score (nSPS) is 15.2. The molecule has 2 aromatic carbocycles. The summed E-state index contributed by atoms with van der Waals surface area (Å²) in [5, 5.41) is 79.3. The Hall–Kier alpha value is -9.99. The Bertz CT molecular complexity index is 3850. The van der Waals surface area contributed by atoms with E-state index in [-0.39, 0.29) is 142 Å². The molecular weight excluding hydrogens is 1610 g/mol. The van der Waals surface area contributed by atoms with Crippen molar-refractivity contribution in [2.75, 3.05) is 64.7 Å². The molecule has 1 fully saturated rings. The Morgan fingerprint density at radius 1 is 0.672 bits per heavy atom. The number of unbranched alkanes of at least 4 members (excludes halogenated alkanes) is 2. The maximum absolute atomic E-state index is 15.1. The van der Waals surface area contributed by atoms with Crippen LogP contribution in [0.25, 0.3) is 0 Å². The molecule has 9 amide bonds. The molecule has 4 rings (SSSR count). The summed E-state index contributed by atoms with van der Waals surface area (Å²) >= 11 is 1.08. The van der Waals surface area contributed by atoms with E-state index in [0.717, 1.165) is 71.6 Å². The van der Waals surface area contributed by atoms with Crippen LogP contribution in [0.2, 0.25) is 0 Å². The molecule has 1 unspecified atom stereocenters. The molecule has 1 aromatic heterocycles. The van der Waals surface area contributed by atoms with Crippen LogP contribution in [0.1, 0.15) is 196 Å². The van der Waals surface area contributed by atoms with E-state index in [1.54, 1.807) is 36.1 Å². The molecule has 660 valence electrons. The molecule has 36 nitrogen and oxygen atoms in total. The molecule has 2 heterocycles. The van der Waals surface area contributed by atoms with Gasteiger partial charge in [-0.1, -0.05) is 119 Å². The molecule has 1 saturated heterocycles. The molecule has 0 radical (unpaired) electrons. The van der Waals surface area contributed by atoms with Gasteiger partial charge >= 0.3 is 54.0 Å². The van der Waals surface area contributed by atoms with Crippen LogP contribution in [0.4, 0.5) is 14.4 Å². The zero-order valence-corrected chi connectivity index (χ0v) is 71.1. The third-order valence-electron chi connectivity index (χ3n) is 19.9. The molecule has 1 aliphatic rings. The molecular formula is C80H117N11O25S3. The van der Waals surface area contributed by atoms with Crippen LogP contribution < -0.4 is 42.5 Å². The number of likely N-dealkylation sites (N-methyl/N-ethyl adjacent to an activating group) is 1. The van der Waals surface area contributed by atoms with E-state index >= 15 is 4.79 Å². The van der Waals surface area contributed by atoms with Crippen LogP contribution in [0.3, 0.4) is 0 Å². The topological polar surface area (TPSA) is 538 Å². The number of rotatable bonds is 58. The third-order valence-corrected chi connectivity index (χ3v) is 23.2. The number of Topliss-reactive ketones (excluding diaryl/α,β-unsaturated/α-hetero) is 3. The number of aromatic nitrogens is 1. The number of benzene rings is 2. The Morgan fingerprint density at radius 3 is 1.97 bits per heavy atom. The number of phenols is 1. The van der Waals surface area contributed by atoms with Crippen molar-refractivity contribution in [3.05, 3.63) is 81.3 Å². The van der Waals surface area contributed by atoms with Crippen molar-refractivity contribution in [3.63, 3.8) is 0 Å². The summed E-state index contributed by atoms with van der Waals surface area (Å²) in [5.74, 6) is -15.7. The number of urea groups is 2. The highest BCUT2D eigenvalue weighted by Gasteiger charge is 2.40. The number of nitrogens with zero attached hydrogens (tertiary/aromatic N) is 3. The van der Waals surface area contributed by atoms with Gasteiger partial charge in [0.25, 0.3) is 5.91 Å². The van der Waals surface area contributed by atoms with Gasteiger partial charge in [-0.2, -0.15) is 0 Å². The largest absolute Gasteiger partial charge is 0.508 e. The van der Waals surface area contributed by atoms with Gasteiger partial charge < -0.3 is 92.3 Å². The van der Waals surface area contributed by atoms with Crippen molar-refractivity contribution in [2.45, 2.75) is 219 Å². The number of aliphatic carboxylic acids is 5. The predicted molar refractivity (Wildman–Crippen MR) is 440 cm³/mol. The smallest absolute Gasteiger partial charge is 0.407 e. The number of carbonyl (C=O) groups is 16. The Kier molecular flexibility index (Phi) is 46.2. The van der Waals surface area contributed by atoms with Crippen molar-refractivity contribution in [1.82, 2.24) is 57.3 Å². The number of carbonyl (C=O) groups excluding carboxylic acids is 11. The monoisotopic (exact) mass is 1730 g/mol. The number of piperidine rings is 1. The summed E-state index contributed by atoms with van der Waals surface area (Å²) in [7, 11) is 3.89. The van der Waals surface area contributed by atoms with Gasteiger partial charge in [-0.25, -0.2) is 29.0 Å². The molecule has 0 spiro atoms. The van der Waals surface area contributed by atoms with Crippen LogP contribution in [0.5, 0.6) is 5.75 Å². The van der Waals surface area contributed by atoms with Gasteiger partial charge in [-0.05, 0) is 112 Å². The Balaban J connectivity index is 1.28. The number of phenolic OH excluding ortho intramolecular Hbond substituents is 1. The van der Waals surface area contributed by atoms with E-state index in [9.17, 15) is 97.5 Å². The van der Waals surface area contributed by atoms with E-state index in [1.807, 2.05) is 41.7 Å². The average molecular weight is 1730 g/mol. The highest BCUT2D eigenvalue weighted by molar-refractivity contribution is 8.76.